The third kappa shape index (κ3) is 4.49. The number of cyclic esters (lactones) is 2. The van der Waals surface area contributed by atoms with E-state index >= 15 is 0 Å². The molecule has 2 atom stereocenters. The molecule has 1 saturated heterocycles. The molecule has 1 aromatic carbocycles. The standard InChI is InChI=1S/C16H20O5/c1-3-4-5-14-15(21-16(17)20-14)11-19-10-12-6-8-13(18-2)9-7-12/h4-9,14-15H,3,10-11H2,1-2H3/b5-4+/t14-,15-/m0/s1. The van der Waals surface area contributed by atoms with Gasteiger partial charge in [-0.2, -0.15) is 0 Å². The van der Waals surface area contributed by atoms with E-state index in [1.54, 1.807) is 7.11 Å². The lowest BCUT2D eigenvalue weighted by molar-refractivity contribution is 0.0304. The summed E-state index contributed by atoms with van der Waals surface area (Å²) in [4.78, 5) is 11.2. The molecule has 0 spiro atoms. The SMILES string of the molecule is CC/C=C/[C@@H]1OC(=O)O[C@H]1COCc1ccc(OC)cc1. The molecule has 114 valence electrons. The van der Waals surface area contributed by atoms with E-state index in [0.29, 0.717) is 13.2 Å². The Hall–Kier alpha value is -2.01. The smallest absolute Gasteiger partial charge is 0.497 e. The highest BCUT2D eigenvalue weighted by molar-refractivity contribution is 5.63. The minimum absolute atomic E-state index is 0.302. The average Bonchev–Trinajstić information content (AvgIpc) is 2.86. The van der Waals surface area contributed by atoms with Crippen molar-refractivity contribution in [3.05, 3.63) is 42.0 Å². The second-order valence-electron chi connectivity index (χ2n) is 4.69. The van der Waals surface area contributed by atoms with Crippen LogP contribution in [-0.4, -0.2) is 32.1 Å². The van der Waals surface area contributed by atoms with Gasteiger partial charge in [-0.25, -0.2) is 4.79 Å². The summed E-state index contributed by atoms with van der Waals surface area (Å²) in [5.74, 6) is 0.807. The Morgan fingerprint density at radius 2 is 2.00 bits per heavy atom. The summed E-state index contributed by atoms with van der Waals surface area (Å²) in [7, 11) is 1.63. The van der Waals surface area contributed by atoms with Crippen molar-refractivity contribution in [1.82, 2.24) is 0 Å². The zero-order chi connectivity index (χ0) is 15.1. The Balaban J connectivity index is 1.81. The van der Waals surface area contributed by atoms with Crippen LogP contribution in [0.15, 0.2) is 36.4 Å². The van der Waals surface area contributed by atoms with Gasteiger partial charge >= 0.3 is 6.16 Å². The average molecular weight is 292 g/mol. The summed E-state index contributed by atoms with van der Waals surface area (Å²) in [6.45, 7) is 2.77. The van der Waals surface area contributed by atoms with Crippen LogP contribution < -0.4 is 4.74 Å². The zero-order valence-electron chi connectivity index (χ0n) is 12.3. The van der Waals surface area contributed by atoms with Crippen molar-refractivity contribution in [2.45, 2.75) is 32.2 Å². The molecule has 0 amide bonds. The molecule has 1 aromatic rings. The number of allylic oxidation sites excluding steroid dienone is 1. The van der Waals surface area contributed by atoms with Crippen LogP contribution in [0.1, 0.15) is 18.9 Å². The quantitative estimate of drug-likeness (QED) is 0.571. The normalized spacial score (nSPS) is 21.3. The molecule has 1 aliphatic rings. The highest BCUT2D eigenvalue weighted by Gasteiger charge is 2.34. The van der Waals surface area contributed by atoms with Gasteiger partial charge in [0.05, 0.1) is 20.3 Å². The predicted octanol–water partition coefficient (Wildman–Crippen LogP) is 3.08. The van der Waals surface area contributed by atoms with E-state index < -0.39 is 12.3 Å². The minimum Gasteiger partial charge on any atom is -0.497 e. The summed E-state index contributed by atoms with van der Waals surface area (Å²) in [5.41, 5.74) is 1.03. The maximum absolute atomic E-state index is 11.2. The number of methoxy groups -OCH3 is 1. The maximum atomic E-state index is 11.2. The Labute approximate surface area is 124 Å². The number of benzene rings is 1. The lowest BCUT2D eigenvalue weighted by Gasteiger charge is -2.12. The van der Waals surface area contributed by atoms with E-state index in [1.807, 2.05) is 43.3 Å². The van der Waals surface area contributed by atoms with E-state index in [1.165, 1.54) is 0 Å². The van der Waals surface area contributed by atoms with E-state index in [2.05, 4.69) is 0 Å². The van der Waals surface area contributed by atoms with Gasteiger partial charge in [0.1, 0.15) is 5.75 Å². The van der Waals surface area contributed by atoms with Gasteiger partial charge in [-0.1, -0.05) is 25.1 Å². The summed E-state index contributed by atoms with van der Waals surface area (Å²) < 4.78 is 20.9. The third-order valence-electron chi connectivity index (χ3n) is 3.12. The zero-order valence-corrected chi connectivity index (χ0v) is 12.3. The van der Waals surface area contributed by atoms with Crippen molar-refractivity contribution in [2.75, 3.05) is 13.7 Å². The number of carbonyl (C=O) groups excluding carboxylic acids is 1. The fraction of sp³-hybridized carbons (Fsp3) is 0.438. The Morgan fingerprint density at radius 1 is 1.24 bits per heavy atom. The van der Waals surface area contributed by atoms with Gasteiger partial charge in [0, 0.05) is 0 Å². The van der Waals surface area contributed by atoms with E-state index in [-0.39, 0.29) is 6.10 Å². The molecule has 21 heavy (non-hydrogen) atoms. The van der Waals surface area contributed by atoms with E-state index in [9.17, 15) is 4.79 Å². The molecule has 0 unspecified atom stereocenters. The molecular weight excluding hydrogens is 272 g/mol. The van der Waals surface area contributed by atoms with E-state index in [4.69, 9.17) is 18.9 Å². The molecule has 0 bridgehead atoms. The first-order chi connectivity index (χ1) is 10.2. The molecule has 0 saturated carbocycles. The number of carbonyl (C=O) groups is 1. The number of hydrogen-bond donors (Lipinski definition) is 0. The van der Waals surface area contributed by atoms with Crippen molar-refractivity contribution in [3.63, 3.8) is 0 Å². The van der Waals surface area contributed by atoms with E-state index in [0.717, 1.165) is 17.7 Å². The fourth-order valence-electron chi connectivity index (χ4n) is 1.98. The molecule has 2 rings (SSSR count). The molecule has 0 aliphatic carbocycles. The van der Waals surface area contributed by atoms with Gasteiger partial charge in [-0.15, -0.1) is 0 Å². The summed E-state index contributed by atoms with van der Waals surface area (Å²) in [6, 6.07) is 7.63. The van der Waals surface area contributed by atoms with Crippen molar-refractivity contribution in [2.24, 2.45) is 0 Å². The Kier molecular flexibility index (Phi) is 5.63. The Bertz CT molecular complexity index is 480. The van der Waals surface area contributed by atoms with Gasteiger partial charge in [-0.05, 0) is 30.2 Å². The molecule has 1 fully saturated rings. The second-order valence-corrected chi connectivity index (χ2v) is 4.69. The summed E-state index contributed by atoms with van der Waals surface area (Å²) in [5, 5.41) is 0. The van der Waals surface area contributed by atoms with Crippen LogP contribution in [0, 0.1) is 0 Å². The largest absolute Gasteiger partial charge is 0.509 e. The molecule has 5 nitrogen and oxygen atoms in total. The first-order valence-electron chi connectivity index (χ1n) is 6.97. The van der Waals surface area contributed by atoms with Crippen LogP contribution >= 0.6 is 0 Å². The van der Waals surface area contributed by atoms with Gasteiger partial charge < -0.3 is 18.9 Å². The molecule has 1 aliphatic heterocycles. The number of ether oxygens (including phenoxy) is 4. The molecule has 0 aromatic heterocycles. The van der Waals surface area contributed by atoms with Gasteiger partial charge in [0.25, 0.3) is 0 Å². The van der Waals surface area contributed by atoms with Crippen LogP contribution in [0.5, 0.6) is 5.75 Å². The first kappa shape index (κ1) is 15.4. The van der Waals surface area contributed by atoms with Crippen molar-refractivity contribution < 1.29 is 23.7 Å². The summed E-state index contributed by atoms with van der Waals surface area (Å²) >= 11 is 0. The van der Waals surface area contributed by atoms with Crippen LogP contribution in [0.3, 0.4) is 0 Å². The van der Waals surface area contributed by atoms with Gasteiger partial charge in [-0.3, -0.25) is 0 Å². The topological polar surface area (TPSA) is 54.0 Å². The van der Waals surface area contributed by atoms with Crippen LogP contribution in [0.4, 0.5) is 4.79 Å². The van der Waals surface area contributed by atoms with Crippen LogP contribution in [-0.2, 0) is 20.8 Å². The molecule has 0 radical (unpaired) electrons. The highest BCUT2D eigenvalue weighted by atomic mass is 16.8. The third-order valence-corrected chi connectivity index (χ3v) is 3.12. The number of rotatable bonds is 7. The Morgan fingerprint density at radius 3 is 2.67 bits per heavy atom. The monoisotopic (exact) mass is 292 g/mol. The molecular formula is C16H20O5. The van der Waals surface area contributed by atoms with Crippen molar-refractivity contribution in [3.8, 4) is 5.75 Å². The summed E-state index contributed by atoms with van der Waals surface area (Å²) in [6.07, 6.45) is 3.27. The van der Waals surface area contributed by atoms with Crippen molar-refractivity contribution >= 4 is 6.16 Å². The first-order valence-corrected chi connectivity index (χ1v) is 6.97. The second kappa shape index (κ2) is 7.69. The van der Waals surface area contributed by atoms with Crippen LogP contribution in [0.25, 0.3) is 0 Å². The lowest BCUT2D eigenvalue weighted by atomic mass is 10.2. The minimum atomic E-state index is -0.640. The molecule has 0 N–H and O–H groups in total. The number of hydrogen-bond acceptors (Lipinski definition) is 5. The fourth-order valence-corrected chi connectivity index (χ4v) is 1.98. The predicted molar refractivity (Wildman–Crippen MR) is 77.2 cm³/mol. The molecule has 5 heteroatoms. The van der Waals surface area contributed by atoms with Crippen molar-refractivity contribution in [1.29, 1.82) is 0 Å². The highest BCUT2D eigenvalue weighted by Crippen LogP contribution is 2.18. The van der Waals surface area contributed by atoms with Gasteiger partial charge in [0.2, 0.25) is 0 Å². The maximum Gasteiger partial charge on any atom is 0.509 e. The van der Waals surface area contributed by atoms with Crippen LogP contribution in [0.2, 0.25) is 0 Å². The van der Waals surface area contributed by atoms with Gasteiger partial charge in [0.15, 0.2) is 12.2 Å². The lowest BCUT2D eigenvalue weighted by Crippen LogP contribution is -2.26. The molecule has 1 heterocycles.